The van der Waals surface area contributed by atoms with Crippen LogP contribution >= 0.6 is 0 Å². The van der Waals surface area contributed by atoms with Gasteiger partial charge in [0.1, 0.15) is 5.75 Å². The van der Waals surface area contributed by atoms with Gasteiger partial charge in [-0.15, -0.1) is 0 Å². The summed E-state index contributed by atoms with van der Waals surface area (Å²) in [5, 5.41) is 0. The van der Waals surface area contributed by atoms with E-state index < -0.39 is 0 Å². The summed E-state index contributed by atoms with van der Waals surface area (Å²) < 4.78 is 11.0. The van der Waals surface area contributed by atoms with Crippen LogP contribution in [0, 0.1) is 0 Å². The van der Waals surface area contributed by atoms with E-state index in [0.717, 1.165) is 37.6 Å². The molecule has 0 bridgehead atoms. The van der Waals surface area contributed by atoms with Crippen LogP contribution in [0.1, 0.15) is 32.4 Å². The van der Waals surface area contributed by atoms with Crippen molar-refractivity contribution >= 4 is 0 Å². The molecule has 20 heavy (non-hydrogen) atoms. The Balaban J connectivity index is 2.44. The van der Waals surface area contributed by atoms with Gasteiger partial charge in [-0.2, -0.15) is 0 Å². The van der Waals surface area contributed by atoms with Crippen LogP contribution in [0.15, 0.2) is 24.3 Å². The molecule has 0 amide bonds. The highest BCUT2D eigenvalue weighted by atomic mass is 16.5. The summed E-state index contributed by atoms with van der Waals surface area (Å²) in [5.74, 6) is 0.889. The van der Waals surface area contributed by atoms with E-state index in [1.807, 2.05) is 45.0 Å². The summed E-state index contributed by atoms with van der Waals surface area (Å²) in [6.45, 7) is 9.28. The van der Waals surface area contributed by atoms with Crippen molar-refractivity contribution in [1.82, 2.24) is 4.90 Å². The van der Waals surface area contributed by atoms with E-state index >= 15 is 0 Å². The zero-order valence-corrected chi connectivity index (χ0v) is 13.1. The number of nitrogens with two attached hydrogens (primary N) is 1. The second-order valence-electron chi connectivity index (χ2n) is 5.30. The van der Waals surface area contributed by atoms with Gasteiger partial charge < -0.3 is 20.1 Å². The molecule has 1 aromatic rings. The molecule has 0 saturated heterocycles. The van der Waals surface area contributed by atoms with Gasteiger partial charge in [-0.25, -0.2) is 0 Å². The molecule has 4 nitrogen and oxygen atoms in total. The molecule has 0 saturated carbocycles. The minimum absolute atomic E-state index is 0.00901. The quantitative estimate of drug-likeness (QED) is 0.706. The summed E-state index contributed by atoms with van der Waals surface area (Å²) >= 11 is 0. The van der Waals surface area contributed by atoms with Gasteiger partial charge in [-0.05, 0) is 45.5 Å². The van der Waals surface area contributed by atoms with Crippen LogP contribution in [0.5, 0.6) is 5.75 Å². The normalized spacial score (nSPS) is 12.9. The van der Waals surface area contributed by atoms with Gasteiger partial charge in [-0.1, -0.05) is 12.1 Å². The Morgan fingerprint density at radius 2 is 1.85 bits per heavy atom. The smallest absolute Gasteiger partial charge is 0.119 e. The number of hydrogen-bond donors (Lipinski definition) is 1. The molecule has 1 aromatic carbocycles. The van der Waals surface area contributed by atoms with E-state index in [0.29, 0.717) is 0 Å². The summed E-state index contributed by atoms with van der Waals surface area (Å²) in [6.07, 6.45) is 0.194. The first-order valence-electron chi connectivity index (χ1n) is 7.31. The Morgan fingerprint density at radius 3 is 2.40 bits per heavy atom. The Labute approximate surface area is 122 Å². The van der Waals surface area contributed by atoms with Crippen LogP contribution in [0.2, 0.25) is 0 Å². The van der Waals surface area contributed by atoms with Crippen LogP contribution in [-0.2, 0) is 4.74 Å². The lowest BCUT2D eigenvalue weighted by Gasteiger charge is -2.21. The molecule has 1 atom stereocenters. The lowest BCUT2D eigenvalue weighted by atomic mass is 10.1. The third-order valence-corrected chi connectivity index (χ3v) is 3.01. The van der Waals surface area contributed by atoms with E-state index in [9.17, 15) is 0 Å². The lowest BCUT2D eigenvalue weighted by molar-refractivity contribution is 0.120. The monoisotopic (exact) mass is 280 g/mol. The molecule has 2 N–H and O–H groups in total. The van der Waals surface area contributed by atoms with Crippen molar-refractivity contribution in [3.05, 3.63) is 29.8 Å². The highest BCUT2D eigenvalue weighted by Crippen LogP contribution is 2.18. The standard InChI is InChI=1S/C16H28N2O2/c1-5-19-11-10-18(4)12-16(17)14-6-8-15(9-7-14)20-13(2)3/h6-9,13,16H,5,10-12,17H2,1-4H3. The topological polar surface area (TPSA) is 47.7 Å². The predicted octanol–water partition coefficient (Wildman–Crippen LogP) is 2.44. The summed E-state index contributed by atoms with van der Waals surface area (Å²) in [5.41, 5.74) is 7.36. The van der Waals surface area contributed by atoms with Crippen molar-refractivity contribution in [2.45, 2.75) is 32.9 Å². The number of benzene rings is 1. The molecular weight excluding hydrogens is 252 g/mol. The molecule has 0 aliphatic heterocycles. The number of rotatable bonds is 9. The van der Waals surface area contributed by atoms with Gasteiger partial charge in [-0.3, -0.25) is 0 Å². The average Bonchev–Trinajstić information content (AvgIpc) is 2.39. The van der Waals surface area contributed by atoms with Crippen LogP contribution in [-0.4, -0.2) is 44.4 Å². The van der Waals surface area contributed by atoms with E-state index in [1.165, 1.54) is 0 Å². The van der Waals surface area contributed by atoms with Gasteiger partial charge in [0.15, 0.2) is 0 Å². The number of nitrogens with zero attached hydrogens (tertiary/aromatic N) is 1. The zero-order valence-electron chi connectivity index (χ0n) is 13.1. The first kappa shape index (κ1) is 17.0. The maximum Gasteiger partial charge on any atom is 0.119 e. The highest BCUT2D eigenvalue weighted by molar-refractivity contribution is 5.29. The minimum atomic E-state index is 0.00901. The van der Waals surface area contributed by atoms with Crippen molar-refractivity contribution in [2.75, 3.05) is 33.4 Å². The number of likely N-dealkylation sites (N-methyl/N-ethyl adjacent to an activating group) is 1. The largest absolute Gasteiger partial charge is 0.491 e. The summed E-state index contributed by atoms with van der Waals surface area (Å²) in [4.78, 5) is 2.19. The second kappa shape index (κ2) is 8.95. The van der Waals surface area contributed by atoms with Crippen LogP contribution < -0.4 is 10.5 Å². The van der Waals surface area contributed by atoms with E-state index in [-0.39, 0.29) is 12.1 Å². The van der Waals surface area contributed by atoms with Crippen LogP contribution in [0.25, 0.3) is 0 Å². The molecule has 0 aliphatic rings. The van der Waals surface area contributed by atoms with Gasteiger partial charge in [0, 0.05) is 25.7 Å². The van der Waals surface area contributed by atoms with Gasteiger partial charge in [0.25, 0.3) is 0 Å². The fourth-order valence-corrected chi connectivity index (χ4v) is 1.96. The fraction of sp³-hybridized carbons (Fsp3) is 0.625. The minimum Gasteiger partial charge on any atom is -0.491 e. The third-order valence-electron chi connectivity index (χ3n) is 3.01. The summed E-state index contributed by atoms with van der Waals surface area (Å²) in [7, 11) is 2.06. The first-order chi connectivity index (χ1) is 9.52. The lowest BCUT2D eigenvalue weighted by Crippen LogP contribution is -2.31. The molecule has 4 heteroatoms. The molecule has 1 unspecified atom stereocenters. The first-order valence-corrected chi connectivity index (χ1v) is 7.31. The number of ether oxygens (including phenoxy) is 2. The van der Waals surface area contributed by atoms with E-state index in [1.54, 1.807) is 0 Å². The fourth-order valence-electron chi connectivity index (χ4n) is 1.96. The van der Waals surface area contributed by atoms with Gasteiger partial charge in [0.05, 0.1) is 12.7 Å². The van der Waals surface area contributed by atoms with Crippen LogP contribution in [0.3, 0.4) is 0 Å². The molecule has 0 fully saturated rings. The third kappa shape index (κ3) is 6.37. The summed E-state index contributed by atoms with van der Waals surface area (Å²) in [6, 6.07) is 8.05. The van der Waals surface area contributed by atoms with Crippen molar-refractivity contribution in [3.8, 4) is 5.75 Å². The van der Waals surface area contributed by atoms with Gasteiger partial charge >= 0.3 is 0 Å². The molecular formula is C16H28N2O2. The van der Waals surface area contributed by atoms with E-state index in [4.69, 9.17) is 15.2 Å². The van der Waals surface area contributed by atoms with Gasteiger partial charge in [0.2, 0.25) is 0 Å². The van der Waals surface area contributed by atoms with Crippen molar-refractivity contribution < 1.29 is 9.47 Å². The maximum atomic E-state index is 6.23. The van der Waals surface area contributed by atoms with Crippen molar-refractivity contribution in [1.29, 1.82) is 0 Å². The average molecular weight is 280 g/mol. The predicted molar refractivity (Wildman–Crippen MR) is 83.1 cm³/mol. The SMILES string of the molecule is CCOCCN(C)CC(N)c1ccc(OC(C)C)cc1. The zero-order chi connectivity index (χ0) is 15.0. The Bertz CT molecular complexity index is 365. The molecule has 0 spiro atoms. The van der Waals surface area contributed by atoms with Crippen molar-refractivity contribution in [2.24, 2.45) is 5.73 Å². The van der Waals surface area contributed by atoms with Crippen molar-refractivity contribution in [3.63, 3.8) is 0 Å². The molecule has 0 heterocycles. The van der Waals surface area contributed by atoms with Crippen LogP contribution in [0.4, 0.5) is 0 Å². The highest BCUT2D eigenvalue weighted by Gasteiger charge is 2.09. The second-order valence-corrected chi connectivity index (χ2v) is 5.30. The Morgan fingerprint density at radius 1 is 1.20 bits per heavy atom. The molecule has 1 rings (SSSR count). The van der Waals surface area contributed by atoms with E-state index in [2.05, 4.69) is 11.9 Å². The molecule has 114 valence electrons. The number of hydrogen-bond acceptors (Lipinski definition) is 4. The molecule has 0 radical (unpaired) electrons. The molecule has 0 aliphatic carbocycles. The Hall–Kier alpha value is -1.10. The maximum absolute atomic E-state index is 6.23. The molecule has 0 aromatic heterocycles. The Kier molecular flexibility index (Phi) is 7.59.